The van der Waals surface area contributed by atoms with Crippen molar-refractivity contribution >= 4 is 18.1 Å². The highest BCUT2D eigenvalue weighted by Crippen LogP contribution is 2.61. The van der Waals surface area contributed by atoms with Crippen LogP contribution in [0.1, 0.15) is 57.2 Å². The lowest BCUT2D eigenvalue weighted by molar-refractivity contribution is -0.183. The first-order valence-electron chi connectivity index (χ1n) is 14.0. The van der Waals surface area contributed by atoms with Gasteiger partial charge in [0.1, 0.15) is 12.1 Å². The molecule has 2 aromatic rings. The number of benzene rings is 2. The van der Waals surface area contributed by atoms with Gasteiger partial charge in [0.05, 0.1) is 19.3 Å². The number of fused-ring (bicyclic) bond motifs is 2. The van der Waals surface area contributed by atoms with E-state index >= 15 is 0 Å². The van der Waals surface area contributed by atoms with Crippen molar-refractivity contribution in [2.45, 2.75) is 71.4 Å². The predicted molar refractivity (Wildman–Crippen MR) is 149 cm³/mol. The summed E-state index contributed by atoms with van der Waals surface area (Å²) in [4.78, 5) is 19.9. The van der Waals surface area contributed by atoms with Gasteiger partial charge in [0.2, 0.25) is 5.91 Å². The average molecular weight is 519 g/mol. The van der Waals surface area contributed by atoms with Gasteiger partial charge in [-0.05, 0) is 59.6 Å². The Labute approximate surface area is 226 Å². The third-order valence-electron chi connectivity index (χ3n) is 9.62. The summed E-state index contributed by atoms with van der Waals surface area (Å²) < 4.78 is 0. The number of carbonyl (C=O) groups excluding carboxylic acids is 1. The normalized spacial score (nSPS) is 33.2. The van der Waals surface area contributed by atoms with Crippen molar-refractivity contribution in [2.75, 3.05) is 6.61 Å². The zero-order valence-electron chi connectivity index (χ0n) is 23.0. The fourth-order valence-electron chi connectivity index (χ4n) is 7.22. The molecule has 1 saturated heterocycles. The van der Waals surface area contributed by atoms with Crippen molar-refractivity contribution in [1.29, 1.82) is 0 Å². The molecule has 1 heterocycles. The van der Waals surface area contributed by atoms with Crippen molar-refractivity contribution in [3.05, 3.63) is 71.3 Å². The third-order valence-corrected chi connectivity index (χ3v) is 9.62. The molecule has 4 fully saturated rings. The third kappa shape index (κ3) is 5.20. The van der Waals surface area contributed by atoms with Crippen LogP contribution in [0.15, 0.2) is 54.6 Å². The van der Waals surface area contributed by atoms with Gasteiger partial charge in [0.25, 0.3) is 0 Å². The van der Waals surface area contributed by atoms with E-state index in [2.05, 4.69) is 56.4 Å². The Bertz CT molecular complexity index is 1150. The molecule has 204 valence electrons. The summed E-state index contributed by atoms with van der Waals surface area (Å²) in [5.41, 5.74) is 3.51. The number of nitrogens with zero attached hydrogens (tertiary/aromatic N) is 1. The molecule has 8 atom stereocenters. The summed E-state index contributed by atoms with van der Waals surface area (Å²) in [7, 11) is 0. The molecule has 6 rings (SSSR count). The van der Waals surface area contributed by atoms with Crippen molar-refractivity contribution in [3.8, 4) is 0 Å². The van der Waals surface area contributed by atoms with E-state index in [-0.39, 0.29) is 18.6 Å². The summed E-state index contributed by atoms with van der Waals surface area (Å²) >= 11 is 0. The van der Waals surface area contributed by atoms with Crippen LogP contribution in [0.3, 0.4) is 0 Å². The summed E-state index contributed by atoms with van der Waals surface area (Å²) in [6.45, 7) is 8.76. The molecule has 2 aromatic carbocycles. The molecule has 1 amide bonds. The summed E-state index contributed by atoms with van der Waals surface area (Å²) in [6.07, 6.45) is 4.94. The van der Waals surface area contributed by atoms with Crippen molar-refractivity contribution in [1.82, 2.24) is 10.4 Å². The minimum atomic E-state index is -0.802. The van der Waals surface area contributed by atoms with Gasteiger partial charge < -0.3 is 15.5 Å². The van der Waals surface area contributed by atoms with Gasteiger partial charge >= 0.3 is 0 Å². The van der Waals surface area contributed by atoms with Crippen LogP contribution in [0.4, 0.5) is 0 Å². The molecule has 0 aromatic heterocycles. The molecular formula is C32H42N2O4. The first-order valence-corrected chi connectivity index (χ1v) is 14.0. The minimum absolute atomic E-state index is 0.121. The Balaban J connectivity index is 1.33. The number of hydroxylamine groups is 2. The highest BCUT2D eigenvalue weighted by Gasteiger charge is 2.57. The summed E-state index contributed by atoms with van der Waals surface area (Å²) in [5.74, 6) is 1.01. The number of amides is 1. The van der Waals surface area contributed by atoms with Gasteiger partial charge in [0, 0.05) is 12.0 Å². The van der Waals surface area contributed by atoms with E-state index < -0.39 is 24.2 Å². The van der Waals surface area contributed by atoms with E-state index in [0.717, 1.165) is 23.1 Å². The van der Waals surface area contributed by atoms with Gasteiger partial charge in [-0.3, -0.25) is 9.63 Å². The second-order valence-electron chi connectivity index (χ2n) is 12.2. The number of nitrogens with one attached hydrogen (secondary N) is 1. The topological polar surface area (TPSA) is 82.0 Å². The second-order valence-corrected chi connectivity index (χ2v) is 12.2. The predicted octanol–water partition coefficient (Wildman–Crippen LogP) is 4.52. The molecule has 38 heavy (non-hydrogen) atoms. The lowest BCUT2D eigenvalue weighted by Gasteiger charge is -2.62. The standard InChI is InChI=1S/C32H42N2O4/c1-20-26-16-25(32(26,3)4)17-27(20)33-31(37)30-29(21(2)36)28(19-35)38-34(30)18-24-12-8-11-23(15-24)14-13-22-9-6-5-7-10-22/h5-15,20-21,25-30,35-36H,16-19H2,1-4H3,(H,33,37)/b14-13+/t20-,21-,25-,26+,27?,28-,29+,30-/m0/s1. The SMILES string of the molecule is C[C@H](O)[C@@H]1[C@H](CO)ON(Cc2cccc(/C=C/c3ccccc3)c2)[C@@H]1C(=O)NC1C[C@@H]2C[C@H]([C@@H]1C)C2(C)C. The van der Waals surface area contributed by atoms with Crippen LogP contribution in [-0.2, 0) is 16.2 Å². The lowest BCUT2D eigenvalue weighted by Crippen LogP contribution is -2.62. The number of aliphatic hydroxyl groups excluding tert-OH is 2. The molecule has 4 aliphatic rings. The van der Waals surface area contributed by atoms with E-state index in [0.29, 0.717) is 29.7 Å². The molecule has 2 bridgehead atoms. The van der Waals surface area contributed by atoms with Crippen LogP contribution in [0.2, 0.25) is 0 Å². The Morgan fingerprint density at radius 3 is 2.50 bits per heavy atom. The number of hydrogen-bond acceptors (Lipinski definition) is 5. The first-order chi connectivity index (χ1) is 18.2. The lowest BCUT2D eigenvalue weighted by atomic mass is 9.45. The summed E-state index contributed by atoms with van der Waals surface area (Å²) in [5, 5.41) is 25.7. The Kier molecular flexibility index (Phi) is 7.79. The van der Waals surface area contributed by atoms with Crippen molar-refractivity contribution in [2.24, 2.45) is 29.1 Å². The quantitative estimate of drug-likeness (QED) is 0.448. The van der Waals surface area contributed by atoms with Crippen LogP contribution in [-0.4, -0.2) is 52.1 Å². The van der Waals surface area contributed by atoms with E-state index in [1.807, 2.05) is 36.4 Å². The molecular weight excluding hydrogens is 476 g/mol. The number of rotatable bonds is 8. The molecule has 1 unspecified atom stereocenters. The zero-order valence-corrected chi connectivity index (χ0v) is 23.0. The van der Waals surface area contributed by atoms with Crippen LogP contribution in [0.5, 0.6) is 0 Å². The van der Waals surface area contributed by atoms with Gasteiger partial charge in [-0.25, -0.2) is 0 Å². The second kappa shape index (κ2) is 10.9. The molecule has 0 radical (unpaired) electrons. The van der Waals surface area contributed by atoms with Crippen LogP contribution < -0.4 is 5.32 Å². The van der Waals surface area contributed by atoms with Crippen molar-refractivity contribution in [3.63, 3.8) is 0 Å². The Hall–Kier alpha value is -2.51. The number of carbonyl (C=O) groups is 1. The molecule has 1 aliphatic heterocycles. The fourth-order valence-corrected chi connectivity index (χ4v) is 7.22. The van der Waals surface area contributed by atoms with Gasteiger partial charge in [-0.15, -0.1) is 0 Å². The fraction of sp³-hybridized carbons (Fsp3) is 0.531. The first kappa shape index (κ1) is 27.1. The monoisotopic (exact) mass is 518 g/mol. The summed E-state index contributed by atoms with van der Waals surface area (Å²) in [6, 6.07) is 17.7. The van der Waals surface area contributed by atoms with Crippen LogP contribution >= 0.6 is 0 Å². The van der Waals surface area contributed by atoms with E-state index in [1.54, 1.807) is 12.0 Å². The van der Waals surface area contributed by atoms with Gasteiger partial charge in [0.15, 0.2) is 0 Å². The maximum Gasteiger partial charge on any atom is 0.240 e. The maximum absolute atomic E-state index is 13.8. The molecule has 3 saturated carbocycles. The maximum atomic E-state index is 13.8. The Morgan fingerprint density at radius 1 is 1.13 bits per heavy atom. The molecule has 6 nitrogen and oxygen atoms in total. The highest BCUT2D eigenvalue weighted by atomic mass is 16.7. The number of hydrogen-bond donors (Lipinski definition) is 3. The van der Waals surface area contributed by atoms with Gasteiger partial charge in [-0.2, -0.15) is 5.06 Å². The van der Waals surface area contributed by atoms with Crippen LogP contribution in [0, 0.1) is 29.1 Å². The number of aliphatic hydroxyl groups is 2. The molecule has 6 heteroatoms. The Morgan fingerprint density at radius 2 is 1.84 bits per heavy atom. The highest BCUT2D eigenvalue weighted by molar-refractivity contribution is 5.83. The molecule has 3 N–H and O–H groups in total. The van der Waals surface area contributed by atoms with E-state index in [4.69, 9.17) is 4.84 Å². The van der Waals surface area contributed by atoms with E-state index in [9.17, 15) is 15.0 Å². The van der Waals surface area contributed by atoms with Crippen LogP contribution in [0.25, 0.3) is 12.2 Å². The smallest absolute Gasteiger partial charge is 0.240 e. The van der Waals surface area contributed by atoms with E-state index in [1.165, 1.54) is 6.42 Å². The zero-order chi connectivity index (χ0) is 27.0. The van der Waals surface area contributed by atoms with Crippen molar-refractivity contribution < 1.29 is 19.8 Å². The van der Waals surface area contributed by atoms with Gasteiger partial charge in [-0.1, -0.05) is 87.5 Å². The minimum Gasteiger partial charge on any atom is -0.394 e. The largest absolute Gasteiger partial charge is 0.394 e. The molecule has 3 aliphatic carbocycles. The molecule has 0 spiro atoms. The average Bonchev–Trinajstić information content (AvgIpc) is 3.27.